The van der Waals surface area contributed by atoms with Crippen molar-refractivity contribution in [3.8, 4) is 0 Å². The van der Waals surface area contributed by atoms with Crippen LogP contribution < -0.4 is 5.32 Å². The van der Waals surface area contributed by atoms with Crippen LogP contribution in [-0.2, 0) is 19.6 Å². The summed E-state index contributed by atoms with van der Waals surface area (Å²) in [5.74, 6) is -0.756. The van der Waals surface area contributed by atoms with E-state index in [-0.39, 0.29) is 23.3 Å². The molecule has 3 rings (SSSR count). The molecular formula is C17H22ClN3O4S. The second kappa shape index (κ2) is 7.54. The summed E-state index contributed by atoms with van der Waals surface area (Å²) in [5, 5.41) is 3.19. The first-order valence-electron chi connectivity index (χ1n) is 8.64. The van der Waals surface area contributed by atoms with Crippen molar-refractivity contribution in [3.63, 3.8) is 0 Å². The molecule has 2 heterocycles. The van der Waals surface area contributed by atoms with E-state index in [1.165, 1.54) is 28.6 Å². The molecule has 26 heavy (non-hydrogen) atoms. The van der Waals surface area contributed by atoms with E-state index in [4.69, 9.17) is 11.6 Å². The number of carbonyl (C=O) groups is 2. The van der Waals surface area contributed by atoms with Gasteiger partial charge in [0.2, 0.25) is 21.8 Å². The molecule has 142 valence electrons. The average molecular weight is 400 g/mol. The van der Waals surface area contributed by atoms with Gasteiger partial charge in [-0.05, 0) is 44.0 Å². The highest BCUT2D eigenvalue weighted by atomic mass is 35.5. The molecule has 2 saturated heterocycles. The maximum atomic E-state index is 12.9. The third kappa shape index (κ3) is 3.72. The Morgan fingerprint density at radius 1 is 1.23 bits per heavy atom. The lowest BCUT2D eigenvalue weighted by Gasteiger charge is -2.38. The summed E-state index contributed by atoms with van der Waals surface area (Å²) in [6.45, 7) is 3.08. The molecule has 1 aromatic carbocycles. The highest BCUT2D eigenvalue weighted by Crippen LogP contribution is 2.26. The van der Waals surface area contributed by atoms with E-state index in [0.717, 1.165) is 0 Å². The molecular weight excluding hydrogens is 378 g/mol. The van der Waals surface area contributed by atoms with Gasteiger partial charge in [-0.15, -0.1) is 0 Å². The summed E-state index contributed by atoms with van der Waals surface area (Å²) in [7, 11) is -3.68. The van der Waals surface area contributed by atoms with Crippen molar-refractivity contribution in [1.29, 1.82) is 0 Å². The molecule has 1 aromatic rings. The predicted octanol–water partition coefficient (Wildman–Crippen LogP) is 1.09. The van der Waals surface area contributed by atoms with E-state index in [0.29, 0.717) is 37.5 Å². The molecule has 2 aliphatic heterocycles. The van der Waals surface area contributed by atoms with E-state index in [9.17, 15) is 18.0 Å². The van der Waals surface area contributed by atoms with E-state index in [1.54, 1.807) is 11.8 Å². The van der Waals surface area contributed by atoms with Gasteiger partial charge in [0.25, 0.3) is 0 Å². The topological polar surface area (TPSA) is 86.8 Å². The third-order valence-electron chi connectivity index (χ3n) is 4.97. The van der Waals surface area contributed by atoms with Crippen LogP contribution in [0.15, 0.2) is 29.2 Å². The fourth-order valence-corrected chi connectivity index (χ4v) is 5.09. The Kier molecular flexibility index (Phi) is 5.55. The fraction of sp³-hybridized carbons (Fsp3) is 0.529. The van der Waals surface area contributed by atoms with Gasteiger partial charge in [-0.25, -0.2) is 8.42 Å². The molecule has 9 heteroatoms. The molecule has 2 atom stereocenters. The summed E-state index contributed by atoms with van der Waals surface area (Å²) in [4.78, 5) is 26.4. The lowest BCUT2D eigenvalue weighted by molar-refractivity contribution is -0.146. The molecule has 0 saturated carbocycles. The molecule has 0 aromatic heterocycles. The molecule has 1 N–H and O–H groups in total. The predicted molar refractivity (Wildman–Crippen MR) is 97.1 cm³/mol. The second-order valence-electron chi connectivity index (χ2n) is 6.65. The molecule has 2 amide bonds. The van der Waals surface area contributed by atoms with Crippen molar-refractivity contribution in [1.82, 2.24) is 14.5 Å². The maximum Gasteiger partial charge on any atom is 0.243 e. The monoisotopic (exact) mass is 399 g/mol. The van der Waals surface area contributed by atoms with Gasteiger partial charge in [0.15, 0.2) is 0 Å². The van der Waals surface area contributed by atoms with Crippen LogP contribution in [-0.4, -0.2) is 61.7 Å². The van der Waals surface area contributed by atoms with E-state index in [2.05, 4.69) is 5.32 Å². The van der Waals surface area contributed by atoms with Crippen LogP contribution in [0.5, 0.6) is 0 Å². The first kappa shape index (κ1) is 19.1. The van der Waals surface area contributed by atoms with Gasteiger partial charge in [0, 0.05) is 31.2 Å². The lowest BCUT2D eigenvalue weighted by atomic mass is 9.97. The van der Waals surface area contributed by atoms with E-state index >= 15 is 0 Å². The summed E-state index contributed by atoms with van der Waals surface area (Å²) in [5.41, 5.74) is 0. The zero-order valence-corrected chi connectivity index (χ0v) is 16.1. The van der Waals surface area contributed by atoms with Crippen LogP contribution >= 0.6 is 11.6 Å². The van der Waals surface area contributed by atoms with Crippen molar-refractivity contribution < 1.29 is 18.0 Å². The van der Waals surface area contributed by atoms with Gasteiger partial charge in [-0.2, -0.15) is 4.31 Å². The number of nitrogens with zero attached hydrogens (tertiary/aromatic N) is 2. The Morgan fingerprint density at radius 3 is 2.62 bits per heavy atom. The molecule has 0 bridgehead atoms. The van der Waals surface area contributed by atoms with Crippen molar-refractivity contribution in [3.05, 3.63) is 29.3 Å². The van der Waals surface area contributed by atoms with Crippen LogP contribution in [0, 0.1) is 5.92 Å². The first-order chi connectivity index (χ1) is 12.3. The second-order valence-corrected chi connectivity index (χ2v) is 9.03. The van der Waals surface area contributed by atoms with Gasteiger partial charge in [0.1, 0.15) is 6.04 Å². The quantitative estimate of drug-likeness (QED) is 0.824. The van der Waals surface area contributed by atoms with Gasteiger partial charge >= 0.3 is 0 Å². The van der Waals surface area contributed by atoms with Crippen molar-refractivity contribution in [2.45, 2.75) is 30.7 Å². The van der Waals surface area contributed by atoms with E-state index < -0.39 is 22.0 Å². The van der Waals surface area contributed by atoms with Gasteiger partial charge in [-0.3, -0.25) is 9.59 Å². The van der Waals surface area contributed by atoms with Crippen LogP contribution in [0.4, 0.5) is 0 Å². The van der Waals surface area contributed by atoms with E-state index in [1.807, 2.05) is 0 Å². The number of carbonyl (C=O) groups excluding carboxylic acids is 2. The smallest absolute Gasteiger partial charge is 0.243 e. The summed E-state index contributed by atoms with van der Waals surface area (Å²) >= 11 is 5.83. The van der Waals surface area contributed by atoms with Gasteiger partial charge < -0.3 is 10.2 Å². The largest absolute Gasteiger partial charge is 0.353 e. The number of hydrogen-bond acceptors (Lipinski definition) is 4. The number of rotatable bonds is 3. The van der Waals surface area contributed by atoms with Crippen LogP contribution in [0.3, 0.4) is 0 Å². The molecule has 7 nitrogen and oxygen atoms in total. The highest BCUT2D eigenvalue weighted by molar-refractivity contribution is 7.89. The zero-order valence-electron chi connectivity index (χ0n) is 14.5. The Hall–Kier alpha value is -1.64. The van der Waals surface area contributed by atoms with Crippen molar-refractivity contribution in [2.24, 2.45) is 5.92 Å². The average Bonchev–Trinajstić information content (AvgIpc) is 2.64. The van der Waals surface area contributed by atoms with Crippen LogP contribution in [0.2, 0.25) is 5.02 Å². The Morgan fingerprint density at radius 2 is 1.92 bits per heavy atom. The van der Waals surface area contributed by atoms with Crippen LogP contribution in [0.1, 0.15) is 19.8 Å². The summed E-state index contributed by atoms with van der Waals surface area (Å²) in [6.07, 6.45) is 1.23. The molecule has 0 radical (unpaired) electrons. The number of sulfonamides is 1. The normalized spacial score (nSPS) is 25.0. The molecule has 0 unspecified atom stereocenters. The first-order valence-corrected chi connectivity index (χ1v) is 10.5. The summed E-state index contributed by atoms with van der Waals surface area (Å²) < 4.78 is 27.1. The summed E-state index contributed by atoms with van der Waals surface area (Å²) in [6, 6.07) is 5.49. The van der Waals surface area contributed by atoms with Gasteiger partial charge in [0.05, 0.1) is 10.8 Å². The lowest BCUT2D eigenvalue weighted by Crippen LogP contribution is -2.58. The fourth-order valence-electron chi connectivity index (χ4n) is 3.44. The number of halogens is 1. The molecule has 0 aliphatic carbocycles. The molecule has 0 spiro atoms. The number of benzene rings is 1. The highest BCUT2D eigenvalue weighted by Gasteiger charge is 2.38. The van der Waals surface area contributed by atoms with Gasteiger partial charge in [-0.1, -0.05) is 11.6 Å². The molecule has 2 aliphatic rings. The Bertz CT molecular complexity index is 797. The number of hydrogen-bond donors (Lipinski definition) is 1. The van der Waals surface area contributed by atoms with Crippen molar-refractivity contribution >= 4 is 33.4 Å². The Labute approximate surface area is 158 Å². The maximum absolute atomic E-state index is 12.9. The Balaban J connectivity index is 1.75. The zero-order chi connectivity index (χ0) is 18.9. The SMILES string of the molecule is C[C@@H]1C(=O)NCCN1C(=O)[C@H]1CCCN(S(=O)(=O)c2ccc(Cl)cc2)C1. The van der Waals surface area contributed by atoms with Crippen molar-refractivity contribution in [2.75, 3.05) is 26.2 Å². The minimum Gasteiger partial charge on any atom is -0.353 e. The third-order valence-corrected chi connectivity index (χ3v) is 7.10. The minimum absolute atomic E-state index is 0.134. The standard InChI is InChI=1S/C17H22ClN3O4S/c1-12-16(22)19-8-10-21(12)17(23)13-3-2-9-20(11-13)26(24,25)15-6-4-14(18)5-7-15/h4-7,12-13H,2-3,8-11H2,1H3,(H,19,22)/t12-,13+/m1/s1. The number of amides is 2. The molecule has 2 fully saturated rings. The minimum atomic E-state index is -3.68. The number of piperazine rings is 1. The number of piperidine rings is 1. The number of nitrogens with one attached hydrogen (secondary N) is 1. The van der Waals surface area contributed by atoms with Crippen LogP contribution in [0.25, 0.3) is 0 Å².